The average Bonchev–Trinajstić information content (AvgIpc) is 2.68. The van der Waals surface area contributed by atoms with Crippen molar-refractivity contribution in [2.24, 2.45) is 0 Å². The fourth-order valence-corrected chi connectivity index (χ4v) is 2.17. The largest absolute Gasteiger partial charge is 0.383 e. The number of nitrogens with two attached hydrogens (primary N) is 1. The van der Waals surface area contributed by atoms with Gasteiger partial charge in [-0.1, -0.05) is 6.07 Å². The highest BCUT2D eigenvalue weighted by Gasteiger charge is 2.12. The van der Waals surface area contributed by atoms with Gasteiger partial charge in [-0.05, 0) is 46.6 Å². The predicted octanol–water partition coefficient (Wildman–Crippen LogP) is 3.05. The molecule has 0 aliphatic carbocycles. The van der Waals surface area contributed by atoms with E-state index in [1.807, 2.05) is 48.0 Å². The summed E-state index contributed by atoms with van der Waals surface area (Å²) in [5, 5.41) is 0. The Balaban J connectivity index is 2.23. The summed E-state index contributed by atoms with van der Waals surface area (Å²) in [6.45, 7) is 2.00. The number of rotatable bonds is 1. The Kier molecular flexibility index (Phi) is 2.56. The second-order valence-corrected chi connectivity index (χ2v) is 5.06. The molecule has 2 N–H and O–H groups in total. The molecule has 0 aliphatic heterocycles. The van der Waals surface area contributed by atoms with Crippen LogP contribution in [-0.2, 0) is 0 Å². The molecule has 4 nitrogen and oxygen atoms in total. The van der Waals surface area contributed by atoms with Crippen molar-refractivity contribution in [2.45, 2.75) is 6.92 Å². The highest BCUT2D eigenvalue weighted by molar-refractivity contribution is 9.10. The molecular formula is C13H11BrN4. The third-order valence-electron chi connectivity index (χ3n) is 2.77. The maximum absolute atomic E-state index is 6.12. The van der Waals surface area contributed by atoms with Crippen molar-refractivity contribution in [3.8, 4) is 11.4 Å². The third kappa shape index (κ3) is 1.76. The number of halogens is 1. The van der Waals surface area contributed by atoms with Gasteiger partial charge in [-0.15, -0.1) is 0 Å². The molecule has 5 heteroatoms. The van der Waals surface area contributed by atoms with Crippen molar-refractivity contribution < 1.29 is 0 Å². The first-order valence-electron chi connectivity index (χ1n) is 5.51. The molecule has 0 aliphatic rings. The molecule has 3 heterocycles. The molecule has 0 saturated heterocycles. The van der Waals surface area contributed by atoms with Crippen LogP contribution in [0.25, 0.3) is 17.0 Å². The molecule has 0 radical (unpaired) electrons. The molecule has 3 aromatic rings. The smallest absolute Gasteiger partial charge is 0.139 e. The van der Waals surface area contributed by atoms with Gasteiger partial charge in [0.1, 0.15) is 17.2 Å². The van der Waals surface area contributed by atoms with Crippen molar-refractivity contribution in [1.82, 2.24) is 14.4 Å². The van der Waals surface area contributed by atoms with E-state index in [1.165, 1.54) is 0 Å². The fraction of sp³-hybridized carbons (Fsp3) is 0.0769. The first-order valence-corrected chi connectivity index (χ1v) is 6.30. The molecule has 0 atom stereocenters. The summed E-state index contributed by atoms with van der Waals surface area (Å²) in [5.74, 6) is 0.600. The second kappa shape index (κ2) is 4.10. The van der Waals surface area contributed by atoms with Gasteiger partial charge in [0.25, 0.3) is 0 Å². The van der Waals surface area contributed by atoms with E-state index in [0.29, 0.717) is 11.5 Å². The van der Waals surface area contributed by atoms with Crippen molar-refractivity contribution in [1.29, 1.82) is 0 Å². The lowest BCUT2D eigenvalue weighted by Crippen LogP contribution is -1.94. The van der Waals surface area contributed by atoms with Crippen LogP contribution in [-0.4, -0.2) is 14.4 Å². The third-order valence-corrected chi connectivity index (χ3v) is 3.24. The number of aromatic nitrogens is 3. The number of anilines is 1. The number of hydrogen-bond acceptors (Lipinski definition) is 3. The Labute approximate surface area is 113 Å². The minimum absolute atomic E-state index is 0.600. The Morgan fingerprint density at radius 1 is 1.22 bits per heavy atom. The van der Waals surface area contributed by atoms with E-state index in [1.54, 1.807) is 0 Å². The fourth-order valence-electron chi connectivity index (χ4n) is 1.83. The molecule has 18 heavy (non-hydrogen) atoms. The SMILES string of the molecule is Cc1ccc(-c2nc3ccc(Br)cn3c2N)nc1. The molecule has 0 unspecified atom stereocenters. The van der Waals surface area contributed by atoms with Crippen LogP contribution in [0.4, 0.5) is 5.82 Å². The highest BCUT2D eigenvalue weighted by Crippen LogP contribution is 2.26. The molecule has 0 spiro atoms. The Hall–Kier alpha value is -1.88. The normalized spacial score (nSPS) is 11.0. The summed E-state index contributed by atoms with van der Waals surface area (Å²) in [6, 6.07) is 7.79. The Morgan fingerprint density at radius 3 is 2.78 bits per heavy atom. The zero-order valence-corrected chi connectivity index (χ0v) is 11.3. The summed E-state index contributed by atoms with van der Waals surface area (Å²) in [5.41, 5.74) is 9.55. The number of nitrogen functional groups attached to an aromatic ring is 1. The molecule has 0 fully saturated rings. The first kappa shape index (κ1) is 11.2. The van der Waals surface area contributed by atoms with Crippen molar-refractivity contribution >= 4 is 27.4 Å². The number of pyridine rings is 2. The summed E-state index contributed by atoms with van der Waals surface area (Å²) in [6.07, 6.45) is 3.71. The van der Waals surface area contributed by atoms with Crippen LogP contribution in [0, 0.1) is 6.92 Å². The lowest BCUT2D eigenvalue weighted by molar-refractivity contribution is 1.18. The van der Waals surface area contributed by atoms with Crippen LogP contribution in [0.2, 0.25) is 0 Å². The Bertz CT molecular complexity index is 716. The van der Waals surface area contributed by atoms with Gasteiger partial charge >= 0.3 is 0 Å². The zero-order chi connectivity index (χ0) is 12.7. The number of fused-ring (bicyclic) bond motifs is 1. The van der Waals surface area contributed by atoms with Crippen LogP contribution in [0.5, 0.6) is 0 Å². The standard InChI is InChI=1S/C13H11BrN4/c1-8-2-4-10(16-6-8)12-13(15)18-7-9(14)3-5-11(18)17-12/h2-7H,15H2,1H3. The van der Waals surface area contributed by atoms with E-state index < -0.39 is 0 Å². The van der Waals surface area contributed by atoms with Crippen molar-refractivity contribution in [3.63, 3.8) is 0 Å². The van der Waals surface area contributed by atoms with Crippen LogP contribution in [0.15, 0.2) is 41.1 Å². The van der Waals surface area contributed by atoms with E-state index in [0.717, 1.165) is 21.4 Å². The van der Waals surface area contributed by atoms with Gasteiger partial charge in [-0.25, -0.2) is 4.98 Å². The maximum Gasteiger partial charge on any atom is 0.139 e. The number of nitrogens with zero attached hydrogens (tertiary/aromatic N) is 3. The van der Waals surface area contributed by atoms with Gasteiger partial charge in [0, 0.05) is 16.9 Å². The topological polar surface area (TPSA) is 56.2 Å². The minimum atomic E-state index is 0.600. The lowest BCUT2D eigenvalue weighted by atomic mass is 10.2. The van der Waals surface area contributed by atoms with Crippen molar-refractivity contribution in [2.75, 3.05) is 5.73 Å². The van der Waals surface area contributed by atoms with E-state index in [-0.39, 0.29) is 0 Å². The van der Waals surface area contributed by atoms with E-state index in [2.05, 4.69) is 25.9 Å². The molecule has 3 rings (SSSR count). The first-order chi connectivity index (χ1) is 8.65. The highest BCUT2D eigenvalue weighted by atomic mass is 79.9. The van der Waals surface area contributed by atoms with Crippen LogP contribution in [0.1, 0.15) is 5.56 Å². The molecule has 0 bridgehead atoms. The summed E-state index contributed by atoms with van der Waals surface area (Å²) in [7, 11) is 0. The van der Waals surface area contributed by atoms with Gasteiger partial charge in [-0.3, -0.25) is 9.38 Å². The molecule has 0 aromatic carbocycles. The lowest BCUT2D eigenvalue weighted by Gasteiger charge is -1.99. The summed E-state index contributed by atoms with van der Waals surface area (Å²) < 4.78 is 2.81. The number of aryl methyl sites for hydroxylation is 1. The van der Waals surface area contributed by atoms with Crippen LogP contribution in [0.3, 0.4) is 0 Å². The molecule has 3 aromatic heterocycles. The quantitative estimate of drug-likeness (QED) is 0.751. The summed E-state index contributed by atoms with van der Waals surface area (Å²) in [4.78, 5) is 8.87. The zero-order valence-electron chi connectivity index (χ0n) is 9.76. The maximum atomic E-state index is 6.12. The van der Waals surface area contributed by atoms with Gasteiger partial charge in [0.2, 0.25) is 0 Å². The number of imidazole rings is 1. The molecule has 0 amide bonds. The van der Waals surface area contributed by atoms with Crippen LogP contribution >= 0.6 is 15.9 Å². The van der Waals surface area contributed by atoms with Gasteiger partial charge in [0.15, 0.2) is 0 Å². The van der Waals surface area contributed by atoms with Gasteiger partial charge < -0.3 is 5.73 Å². The molecular weight excluding hydrogens is 292 g/mol. The molecule has 0 saturated carbocycles. The van der Waals surface area contributed by atoms with Gasteiger partial charge in [0.05, 0.1) is 5.69 Å². The van der Waals surface area contributed by atoms with Crippen molar-refractivity contribution in [3.05, 3.63) is 46.7 Å². The minimum Gasteiger partial charge on any atom is -0.383 e. The van der Waals surface area contributed by atoms with E-state index in [4.69, 9.17) is 5.73 Å². The predicted molar refractivity (Wildman–Crippen MR) is 75.3 cm³/mol. The number of hydrogen-bond donors (Lipinski definition) is 1. The van der Waals surface area contributed by atoms with E-state index in [9.17, 15) is 0 Å². The Morgan fingerprint density at radius 2 is 2.06 bits per heavy atom. The van der Waals surface area contributed by atoms with Gasteiger partial charge in [-0.2, -0.15) is 0 Å². The van der Waals surface area contributed by atoms with Crippen LogP contribution < -0.4 is 5.73 Å². The second-order valence-electron chi connectivity index (χ2n) is 4.14. The molecule has 90 valence electrons. The monoisotopic (exact) mass is 302 g/mol. The van der Waals surface area contributed by atoms with E-state index >= 15 is 0 Å². The average molecular weight is 303 g/mol. The summed E-state index contributed by atoms with van der Waals surface area (Å²) >= 11 is 3.42.